The van der Waals surface area contributed by atoms with E-state index in [0.717, 1.165) is 0 Å². The summed E-state index contributed by atoms with van der Waals surface area (Å²) >= 11 is 0. The fourth-order valence-electron chi connectivity index (χ4n) is 2.41. The number of esters is 1. The summed E-state index contributed by atoms with van der Waals surface area (Å²) in [5, 5.41) is 5.17. The van der Waals surface area contributed by atoms with Gasteiger partial charge in [-0.05, 0) is 54.4 Å². The van der Waals surface area contributed by atoms with Gasteiger partial charge in [-0.1, -0.05) is 12.8 Å². The molecule has 0 spiro atoms. The number of ether oxygens (including phenoxy) is 4. The van der Waals surface area contributed by atoms with E-state index in [4.69, 9.17) is 18.9 Å². The summed E-state index contributed by atoms with van der Waals surface area (Å²) in [5.74, 6) is -0.575. The molecule has 0 bridgehead atoms. The van der Waals surface area contributed by atoms with Gasteiger partial charge in [0.15, 0.2) is 0 Å². The molecule has 0 aliphatic carbocycles. The summed E-state index contributed by atoms with van der Waals surface area (Å²) in [7, 11) is 1.24. The van der Waals surface area contributed by atoms with Gasteiger partial charge in [0.1, 0.15) is 23.9 Å². The molecule has 10 heteroatoms. The van der Waals surface area contributed by atoms with Crippen molar-refractivity contribution in [3.63, 3.8) is 0 Å². The molecule has 0 aliphatic rings. The Bertz CT molecular complexity index is 566. The molecular weight excluding hydrogens is 396 g/mol. The monoisotopic (exact) mass is 432 g/mol. The van der Waals surface area contributed by atoms with Crippen LogP contribution in [0.1, 0.15) is 67.2 Å². The van der Waals surface area contributed by atoms with Crippen molar-refractivity contribution in [3.05, 3.63) is 0 Å². The molecule has 0 saturated carbocycles. The number of unbranched alkanes of at least 4 members (excludes halogenated alkanes) is 1. The Balaban J connectivity index is 4.65. The van der Waals surface area contributed by atoms with Crippen molar-refractivity contribution < 1.29 is 38.1 Å². The maximum absolute atomic E-state index is 11.9. The van der Waals surface area contributed by atoms with E-state index in [1.807, 2.05) is 0 Å². The number of amides is 2. The van der Waals surface area contributed by atoms with Crippen molar-refractivity contribution in [2.45, 2.75) is 90.5 Å². The number of nitrogens with one attached hydrogen (secondary N) is 2. The first-order valence-corrected chi connectivity index (χ1v) is 9.89. The number of hydrogen-bond donors (Lipinski definition) is 2. The average Bonchev–Trinajstić information content (AvgIpc) is 2.57. The van der Waals surface area contributed by atoms with Crippen molar-refractivity contribution in [2.75, 3.05) is 13.7 Å². The molecule has 0 unspecified atom stereocenters. The standard InChI is InChI=1S/C20H36N2O8/c1-19(2,3)29-17(25)21-14(12-28-13-23)10-8-9-11-15(16(24)27-7)22-18(26)30-20(4,5)6/h13-15H,8-12H2,1-7H3,(H,21,25)(H,22,26)/t14-,15-/m0/s1. The van der Waals surface area contributed by atoms with Gasteiger partial charge >= 0.3 is 18.2 Å². The van der Waals surface area contributed by atoms with Crippen molar-refractivity contribution in [3.8, 4) is 0 Å². The normalized spacial score (nSPS) is 13.4. The van der Waals surface area contributed by atoms with E-state index in [1.165, 1.54) is 7.11 Å². The lowest BCUT2D eigenvalue weighted by atomic mass is 10.1. The van der Waals surface area contributed by atoms with Crippen molar-refractivity contribution in [1.29, 1.82) is 0 Å². The fraction of sp³-hybridized carbons (Fsp3) is 0.800. The fourth-order valence-corrected chi connectivity index (χ4v) is 2.41. The highest BCUT2D eigenvalue weighted by molar-refractivity contribution is 5.81. The SMILES string of the molecule is COC(=O)[C@H](CCCC[C@@H](COC=O)NC(=O)OC(C)(C)C)NC(=O)OC(C)(C)C. The Hall–Kier alpha value is -2.52. The van der Waals surface area contributed by atoms with Gasteiger partial charge in [0.25, 0.3) is 6.47 Å². The van der Waals surface area contributed by atoms with Crippen molar-refractivity contribution in [2.24, 2.45) is 0 Å². The van der Waals surface area contributed by atoms with E-state index in [-0.39, 0.29) is 6.61 Å². The third kappa shape index (κ3) is 14.5. The summed E-state index contributed by atoms with van der Waals surface area (Å²) in [5.41, 5.74) is -1.34. The second-order valence-corrected chi connectivity index (χ2v) is 8.78. The number of carbonyl (C=O) groups is 4. The van der Waals surface area contributed by atoms with E-state index in [1.54, 1.807) is 41.5 Å². The quantitative estimate of drug-likeness (QED) is 0.221. The molecule has 0 fully saturated rings. The van der Waals surface area contributed by atoms with Crippen molar-refractivity contribution in [1.82, 2.24) is 10.6 Å². The lowest BCUT2D eigenvalue weighted by molar-refractivity contribution is -0.143. The molecule has 2 N–H and O–H groups in total. The third-order valence-corrected chi connectivity index (χ3v) is 3.56. The van der Waals surface area contributed by atoms with Gasteiger partial charge in [-0.2, -0.15) is 0 Å². The van der Waals surface area contributed by atoms with Crippen LogP contribution in [-0.4, -0.2) is 61.6 Å². The molecule has 10 nitrogen and oxygen atoms in total. The Labute approximate surface area is 178 Å². The molecule has 174 valence electrons. The van der Waals surface area contributed by atoms with Crippen LogP contribution in [0.15, 0.2) is 0 Å². The van der Waals surface area contributed by atoms with E-state index < -0.39 is 41.4 Å². The zero-order valence-corrected chi connectivity index (χ0v) is 19.0. The number of alkyl carbamates (subject to hydrolysis) is 2. The lowest BCUT2D eigenvalue weighted by Crippen LogP contribution is -2.44. The number of carbonyl (C=O) groups excluding carboxylic acids is 4. The number of rotatable bonds is 11. The summed E-state index contributed by atoms with van der Waals surface area (Å²) < 4.78 is 19.9. The highest BCUT2D eigenvalue weighted by Gasteiger charge is 2.25. The Kier molecular flexibility index (Phi) is 11.8. The lowest BCUT2D eigenvalue weighted by Gasteiger charge is -2.24. The Morgan fingerprint density at radius 2 is 1.37 bits per heavy atom. The molecule has 0 saturated heterocycles. The first kappa shape index (κ1) is 27.5. The second-order valence-electron chi connectivity index (χ2n) is 8.78. The molecule has 0 aromatic heterocycles. The van der Waals surface area contributed by atoms with Crippen LogP contribution in [0.2, 0.25) is 0 Å². The number of methoxy groups -OCH3 is 1. The van der Waals surface area contributed by atoms with Crippen LogP contribution in [0.3, 0.4) is 0 Å². The number of hydrogen-bond acceptors (Lipinski definition) is 8. The van der Waals surface area contributed by atoms with Crippen LogP contribution in [-0.2, 0) is 28.5 Å². The summed E-state index contributed by atoms with van der Waals surface area (Å²) in [4.78, 5) is 46.3. The minimum absolute atomic E-state index is 0.000663. The summed E-state index contributed by atoms with van der Waals surface area (Å²) in [6, 6.07) is -1.30. The third-order valence-electron chi connectivity index (χ3n) is 3.56. The van der Waals surface area contributed by atoms with Gasteiger partial charge in [0, 0.05) is 0 Å². The predicted molar refractivity (Wildman–Crippen MR) is 109 cm³/mol. The van der Waals surface area contributed by atoms with Gasteiger partial charge in [0.05, 0.1) is 13.2 Å². The minimum atomic E-state index is -0.853. The molecule has 0 heterocycles. The molecule has 2 atom stereocenters. The highest BCUT2D eigenvalue weighted by atomic mass is 16.6. The van der Waals surface area contributed by atoms with E-state index >= 15 is 0 Å². The molecule has 0 aromatic rings. The molecule has 0 aliphatic heterocycles. The minimum Gasteiger partial charge on any atom is -0.467 e. The van der Waals surface area contributed by atoms with E-state index in [2.05, 4.69) is 10.6 Å². The van der Waals surface area contributed by atoms with Crippen LogP contribution in [0.4, 0.5) is 9.59 Å². The average molecular weight is 433 g/mol. The Morgan fingerprint density at radius 1 is 0.867 bits per heavy atom. The second kappa shape index (κ2) is 12.9. The smallest absolute Gasteiger partial charge is 0.408 e. The van der Waals surface area contributed by atoms with Crippen molar-refractivity contribution >= 4 is 24.6 Å². The van der Waals surface area contributed by atoms with Crippen LogP contribution in [0.5, 0.6) is 0 Å². The van der Waals surface area contributed by atoms with Crippen LogP contribution in [0.25, 0.3) is 0 Å². The summed E-state index contributed by atoms with van der Waals surface area (Å²) in [6.45, 7) is 10.7. The first-order chi connectivity index (χ1) is 13.8. The molecule has 30 heavy (non-hydrogen) atoms. The van der Waals surface area contributed by atoms with Gasteiger partial charge in [-0.25, -0.2) is 14.4 Å². The van der Waals surface area contributed by atoms with Gasteiger partial charge in [-0.3, -0.25) is 4.79 Å². The predicted octanol–water partition coefficient (Wildman–Crippen LogP) is 2.68. The van der Waals surface area contributed by atoms with Crippen LogP contribution < -0.4 is 10.6 Å². The van der Waals surface area contributed by atoms with Gasteiger partial charge in [0.2, 0.25) is 0 Å². The van der Waals surface area contributed by atoms with E-state index in [9.17, 15) is 19.2 Å². The summed E-state index contributed by atoms with van der Waals surface area (Å²) in [6.07, 6.45) is 0.616. The van der Waals surface area contributed by atoms with E-state index in [0.29, 0.717) is 32.2 Å². The first-order valence-electron chi connectivity index (χ1n) is 9.89. The largest absolute Gasteiger partial charge is 0.467 e. The zero-order valence-electron chi connectivity index (χ0n) is 19.0. The molecule has 2 amide bonds. The van der Waals surface area contributed by atoms with Gasteiger partial charge in [-0.15, -0.1) is 0 Å². The van der Waals surface area contributed by atoms with Crippen LogP contribution in [0, 0.1) is 0 Å². The molecular formula is C20H36N2O8. The Morgan fingerprint density at radius 3 is 1.83 bits per heavy atom. The molecule has 0 radical (unpaired) electrons. The molecule has 0 aromatic carbocycles. The van der Waals surface area contributed by atoms with Gasteiger partial charge < -0.3 is 29.6 Å². The zero-order chi connectivity index (χ0) is 23.4. The maximum atomic E-state index is 11.9. The topological polar surface area (TPSA) is 129 Å². The van der Waals surface area contributed by atoms with Crippen LogP contribution >= 0.6 is 0 Å². The molecule has 0 rings (SSSR count). The highest BCUT2D eigenvalue weighted by Crippen LogP contribution is 2.12. The maximum Gasteiger partial charge on any atom is 0.408 e.